The van der Waals surface area contributed by atoms with Gasteiger partial charge in [-0.3, -0.25) is 0 Å². The van der Waals surface area contributed by atoms with Gasteiger partial charge in [0.05, 0.1) is 18.2 Å². The molecule has 6 heteroatoms. The standard InChI is InChI=1S/C17H18F2NO2.Y/c1-11-5-6-16(20(3)12(11)2)17-14(18)9-13(10-15(17)19)22-8-7-21-4;/h5,9-10H,2,7-8H2,1,3-4H3;/q-1;. The number of methoxy groups -OCH3 is 1. The van der Waals surface area contributed by atoms with Gasteiger partial charge in [0, 0.05) is 59.0 Å². The number of ether oxygens (including phenoxy) is 2. The van der Waals surface area contributed by atoms with Crippen LogP contribution in [0.3, 0.4) is 0 Å². The van der Waals surface area contributed by atoms with E-state index in [1.165, 1.54) is 7.11 Å². The second-order valence-corrected chi connectivity index (χ2v) is 4.93. The molecule has 1 heterocycles. The number of rotatable bonds is 5. The molecule has 2 rings (SSSR count). The van der Waals surface area contributed by atoms with Crippen molar-refractivity contribution in [1.82, 2.24) is 4.90 Å². The largest absolute Gasteiger partial charge is 0.491 e. The molecule has 0 unspecified atom stereocenters. The van der Waals surface area contributed by atoms with Gasteiger partial charge in [-0.1, -0.05) is 19.2 Å². The van der Waals surface area contributed by atoms with Crippen LogP contribution in [0.15, 0.2) is 36.1 Å². The van der Waals surface area contributed by atoms with Crippen LogP contribution in [0, 0.1) is 17.7 Å². The van der Waals surface area contributed by atoms with Crippen molar-refractivity contribution in [2.24, 2.45) is 0 Å². The molecule has 1 aliphatic rings. The van der Waals surface area contributed by atoms with Crippen molar-refractivity contribution >= 4 is 5.70 Å². The number of allylic oxidation sites excluding steroid dienone is 3. The Morgan fingerprint density at radius 1 is 1.22 bits per heavy atom. The Balaban J connectivity index is 0.00000264. The zero-order chi connectivity index (χ0) is 16.3. The van der Waals surface area contributed by atoms with E-state index in [2.05, 4.69) is 12.7 Å². The molecule has 0 amide bonds. The van der Waals surface area contributed by atoms with Crippen LogP contribution in [0.4, 0.5) is 8.78 Å². The van der Waals surface area contributed by atoms with Crippen LogP contribution in [0.25, 0.3) is 5.70 Å². The molecular weight excluding hydrogens is 377 g/mol. The van der Waals surface area contributed by atoms with Crippen LogP contribution in [0.1, 0.15) is 12.5 Å². The Morgan fingerprint density at radius 3 is 2.39 bits per heavy atom. The first-order valence-electron chi connectivity index (χ1n) is 6.80. The van der Waals surface area contributed by atoms with Gasteiger partial charge in [-0.05, 0) is 11.3 Å². The second-order valence-electron chi connectivity index (χ2n) is 4.93. The van der Waals surface area contributed by atoms with E-state index in [9.17, 15) is 8.78 Å². The summed E-state index contributed by atoms with van der Waals surface area (Å²) in [6.45, 7) is 6.32. The van der Waals surface area contributed by atoms with Gasteiger partial charge in [-0.15, -0.1) is 5.57 Å². The predicted molar refractivity (Wildman–Crippen MR) is 81.0 cm³/mol. The first-order valence-corrected chi connectivity index (χ1v) is 6.80. The third-order valence-electron chi connectivity index (χ3n) is 3.43. The maximum Gasteiger partial charge on any atom is 0.123 e. The molecule has 1 aliphatic heterocycles. The summed E-state index contributed by atoms with van der Waals surface area (Å²) in [5, 5.41) is 0. The van der Waals surface area contributed by atoms with Gasteiger partial charge in [0.25, 0.3) is 0 Å². The summed E-state index contributed by atoms with van der Waals surface area (Å²) < 4.78 is 38.7. The van der Waals surface area contributed by atoms with Gasteiger partial charge in [-0.2, -0.15) is 12.2 Å². The fraction of sp³-hybridized carbons (Fsp3) is 0.294. The minimum atomic E-state index is -0.706. The molecule has 0 spiro atoms. The Kier molecular flexibility index (Phi) is 7.58. The zero-order valence-corrected chi connectivity index (χ0v) is 16.3. The molecule has 0 saturated heterocycles. The van der Waals surface area contributed by atoms with Crippen LogP contribution in [0.2, 0.25) is 0 Å². The fourth-order valence-electron chi connectivity index (χ4n) is 2.10. The Labute approximate surface area is 160 Å². The molecule has 0 aliphatic carbocycles. The Bertz CT molecular complexity index is 633. The van der Waals surface area contributed by atoms with E-state index in [0.29, 0.717) is 18.0 Å². The van der Waals surface area contributed by atoms with E-state index in [-0.39, 0.29) is 50.6 Å². The van der Waals surface area contributed by atoms with E-state index in [4.69, 9.17) is 9.47 Å². The van der Waals surface area contributed by atoms with Gasteiger partial charge in [0.1, 0.15) is 12.4 Å². The minimum absolute atomic E-state index is 0. The number of hydrogen-bond acceptors (Lipinski definition) is 3. The normalized spacial score (nSPS) is 14.1. The smallest absolute Gasteiger partial charge is 0.123 e. The van der Waals surface area contributed by atoms with Crippen molar-refractivity contribution in [2.75, 3.05) is 27.4 Å². The predicted octanol–water partition coefficient (Wildman–Crippen LogP) is 3.54. The van der Waals surface area contributed by atoms with E-state index in [0.717, 1.165) is 17.7 Å². The van der Waals surface area contributed by atoms with E-state index >= 15 is 0 Å². The van der Waals surface area contributed by atoms with Crippen LogP contribution < -0.4 is 4.74 Å². The number of benzene rings is 1. The van der Waals surface area contributed by atoms with Crippen molar-refractivity contribution in [1.29, 1.82) is 0 Å². The minimum Gasteiger partial charge on any atom is -0.491 e. The fourth-order valence-corrected chi connectivity index (χ4v) is 2.10. The summed E-state index contributed by atoms with van der Waals surface area (Å²) in [5.41, 5.74) is 1.72. The summed E-state index contributed by atoms with van der Waals surface area (Å²) in [4.78, 5) is 1.61. The van der Waals surface area contributed by atoms with Crippen LogP contribution in [-0.4, -0.2) is 32.3 Å². The first-order chi connectivity index (χ1) is 10.5. The first kappa shape index (κ1) is 20.0. The van der Waals surface area contributed by atoms with Crippen LogP contribution in [0.5, 0.6) is 5.75 Å². The summed E-state index contributed by atoms with van der Waals surface area (Å²) in [6, 6.07) is 2.31. The molecule has 0 aromatic heterocycles. The second kappa shape index (κ2) is 8.71. The van der Waals surface area contributed by atoms with E-state index in [1.807, 2.05) is 6.92 Å². The van der Waals surface area contributed by atoms with Crippen molar-refractivity contribution in [2.45, 2.75) is 6.92 Å². The number of nitrogens with zero attached hydrogens (tertiary/aromatic N) is 1. The summed E-state index contributed by atoms with van der Waals surface area (Å²) in [7, 11) is 3.22. The maximum atomic E-state index is 14.3. The monoisotopic (exact) mass is 395 g/mol. The average Bonchev–Trinajstić information content (AvgIpc) is 2.47. The third kappa shape index (κ3) is 4.49. The number of likely N-dealkylation sites (N-methyl/N-ethyl adjacent to an activating group) is 1. The van der Waals surface area contributed by atoms with Crippen LogP contribution in [-0.2, 0) is 37.4 Å². The quantitative estimate of drug-likeness (QED) is 0.563. The van der Waals surface area contributed by atoms with Crippen molar-refractivity contribution in [3.05, 3.63) is 59.3 Å². The van der Waals surface area contributed by atoms with Crippen molar-refractivity contribution in [3.8, 4) is 5.75 Å². The Hall–Kier alpha value is -1.04. The topological polar surface area (TPSA) is 21.7 Å². The maximum absolute atomic E-state index is 14.3. The summed E-state index contributed by atoms with van der Waals surface area (Å²) in [5.74, 6) is -1.29. The number of halogens is 2. The van der Waals surface area contributed by atoms with Crippen LogP contribution >= 0.6 is 0 Å². The molecular formula is C17H18F2NO2Y-. The molecule has 0 bridgehead atoms. The molecule has 1 aromatic carbocycles. The van der Waals surface area contributed by atoms with Crippen molar-refractivity contribution in [3.63, 3.8) is 0 Å². The third-order valence-corrected chi connectivity index (χ3v) is 3.43. The zero-order valence-electron chi connectivity index (χ0n) is 13.5. The van der Waals surface area contributed by atoms with Gasteiger partial charge >= 0.3 is 0 Å². The molecule has 0 N–H and O–H groups in total. The molecule has 1 radical (unpaired) electrons. The SMILES string of the molecule is C=C1C(C)=C[C-]=C(c2c(F)cc(OCCOC)cc2F)N1C.[Y]. The molecule has 0 fully saturated rings. The Morgan fingerprint density at radius 2 is 1.83 bits per heavy atom. The van der Waals surface area contributed by atoms with Gasteiger partial charge in [-0.25, -0.2) is 8.78 Å². The van der Waals surface area contributed by atoms with Gasteiger partial charge in [0.15, 0.2) is 0 Å². The molecule has 23 heavy (non-hydrogen) atoms. The molecule has 121 valence electrons. The molecule has 3 nitrogen and oxygen atoms in total. The van der Waals surface area contributed by atoms with Gasteiger partial charge < -0.3 is 14.4 Å². The summed E-state index contributed by atoms with van der Waals surface area (Å²) in [6.07, 6.45) is 4.56. The van der Waals surface area contributed by atoms with E-state index in [1.54, 1.807) is 18.0 Å². The number of hydrogen-bond donors (Lipinski definition) is 0. The molecule has 0 atom stereocenters. The van der Waals surface area contributed by atoms with Gasteiger partial charge in [0.2, 0.25) is 0 Å². The van der Waals surface area contributed by atoms with Crippen molar-refractivity contribution < 1.29 is 51.0 Å². The molecule has 1 aromatic rings. The summed E-state index contributed by atoms with van der Waals surface area (Å²) >= 11 is 0. The van der Waals surface area contributed by atoms with E-state index < -0.39 is 11.6 Å². The average molecular weight is 395 g/mol. The molecule has 0 saturated carbocycles.